The van der Waals surface area contributed by atoms with Crippen molar-refractivity contribution in [3.05, 3.63) is 53.3 Å². The first-order valence-electron chi connectivity index (χ1n) is 11.1. The summed E-state index contributed by atoms with van der Waals surface area (Å²) in [6.45, 7) is 6.92. The van der Waals surface area contributed by atoms with E-state index in [1.54, 1.807) is 35.5 Å². The van der Waals surface area contributed by atoms with E-state index in [0.29, 0.717) is 42.5 Å². The number of hydrogen-bond acceptors (Lipinski definition) is 5. The lowest BCUT2D eigenvalue weighted by Crippen LogP contribution is -2.40. The van der Waals surface area contributed by atoms with Gasteiger partial charge in [-0.2, -0.15) is 0 Å². The van der Waals surface area contributed by atoms with Gasteiger partial charge in [0.05, 0.1) is 0 Å². The molecule has 1 fully saturated rings. The van der Waals surface area contributed by atoms with E-state index < -0.39 is 0 Å². The molecule has 0 saturated carbocycles. The average molecular weight is 459 g/mol. The minimum atomic E-state index is -0.156. The normalized spacial score (nSPS) is 13.3. The quantitative estimate of drug-likeness (QED) is 0.543. The van der Waals surface area contributed by atoms with Crippen LogP contribution in [-0.2, 0) is 4.79 Å². The predicted molar refractivity (Wildman–Crippen MR) is 126 cm³/mol. The molecule has 2 amide bonds. The number of amides is 2. The zero-order valence-corrected chi connectivity index (χ0v) is 19.5. The standard InChI is InChI=1S/C24H31ClN4O3/c1-18(2)29(13-7-23(30)28-11-3-4-12-28)24(31)19-15-20(25)17-22(16-19)32-14-10-27-21-5-8-26-9-6-21/h5-6,8-9,15-18H,3-4,7,10-14H2,1-2H3,(H,26,27). The van der Waals surface area contributed by atoms with Gasteiger partial charge in [0.15, 0.2) is 0 Å². The van der Waals surface area contributed by atoms with E-state index in [1.807, 2.05) is 30.9 Å². The van der Waals surface area contributed by atoms with E-state index in [-0.39, 0.29) is 17.9 Å². The van der Waals surface area contributed by atoms with E-state index in [4.69, 9.17) is 16.3 Å². The van der Waals surface area contributed by atoms with E-state index in [9.17, 15) is 9.59 Å². The van der Waals surface area contributed by atoms with Crippen LogP contribution < -0.4 is 10.1 Å². The number of pyridine rings is 1. The molecule has 1 N–H and O–H groups in total. The van der Waals surface area contributed by atoms with Crippen molar-refractivity contribution in [3.63, 3.8) is 0 Å². The van der Waals surface area contributed by atoms with E-state index >= 15 is 0 Å². The summed E-state index contributed by atoms with van der Waals surface area (Å²) in [5, 5.41) is 3.68. The summed E-state index contributed by atoms with van der Waals surface area (Å²) in [6, 6.07) is 8.77. The van der Waals surface area contributed by atoms with Crippen LogP contribution in [0.5, 0.6) is 5.75 Å². The molecule has 0 atom stereocenters. The molecule has 0 unspecified atom stereocenters. The highest BCUT2D eigenvalue weighted by Gasteiger charge is 2.23. The Kier molecular flexibility index (Phi) is 8.73. The molecule has 172 valence electrons. The fraction of sp³-hybridized carbons (Fsp3) is 0.458. The average Bonchev–Trinajstić information content (AvgIpc) is 3.32. The van der Waals surface area contributed by atoms with Crippen LogP contribution in [0.1, 0.15) is 43.5 Å². The van der Waals surface area contributed by atoms with Crippen LogP contribution >= 0.6 is 11.6 Å². The van der Waals surface area contributed by atoms with E-state index in [1.165, 1.54) is 0 Å². The Bertz CT molecular complexity index is 901. The fourth-order valence-electron chi connectivity index (χ4n) is 3.70. The van der Waals surface area contributed by atoms with Gasteiger partial charge in [0.1, 0.15) is 12.4 Å². The Morgan fingerprint density at radius 3 is 2.59 bits per heavy atom. The van der Waals surface area contributed by atoms with Crippen LogP contribution in [0.3, 0.4) is 0 Å². The van der Waals surface area contributed by atoms with Crippen molar-refractivity contribution in [2.75, 3.05) is 38.1 Å². The predicted octanol–water partition coefficient (Wildman–Crippen LogP) is 4.09. The van der Waals surface area contributed by atoms with Crippen molar-refractivity contribution in [2.24, 2.45) is 0 Å². The third-order valence-corrected chi connectivity index (χ3v) is 5.63. The maximum atomic E-state index is 13.2. The third kappa shape index (κ3) is 6.85. The number of aromatic nitrogens is 1. The Morgan fingerprint density at radius 1 is 1.19 bits per heavy atom. The lowest BCUT2D eigenvalue weighted by molar-refractivity contribution is -0.130. The van der Waals surface area contributed by atoms with Gasteiger partial charge in [-0.3, -0.25) is 14.6 Å². The van der Waals surface area contributed by atoms with Crippen molar-refractivity contribution >= 4 is 29.1 Å². The molecule has 1 aliphatic heterocycles. The number of anilines is 1. The summed E-state index contributed by atoms with van der Waals surface area (Å²) < 4.78 is 5.81. The maximum Gasteiger partial charge on any atom is 0.254 e. The third-order valence-electron chi connectivity index (χ3n) is 5.41. The van der Waals surface area contributed by atoms with Gasteiger partial charge in [0, 0.05) is 67.3 Å². The van der Waals surface area contributed by atoms with Gasteiger partial charge in [0.25, 0.3) is 5.91 Å². The highest BCUT2D eigenvalue weighted by Crippen LogP contribution is 2.23. The van der Waals surface area contributed by atoms with Crippen LogP contribution in [0.4, 0.5) is 5.69 Å². The molecule has 1 aliphatic rings. The van der Waals surface area contributed by atoms with Gasteiger partial charge in [-0.05, 0) is 57.0 Å². The molecule has 0 aliphatic carbocycles. The summed E-state index contributed by atoms with van der Waals surface area (Å²) in [6.07, 6.45) is 5.88. The molecule has 7 nitrogen and oxygen atoms in total. The number of carbonyl (C=O) groups is 2. The second kappa shape index (κ2) is 11.7. The molecule has 8 heteroatoms. The molecule has 1 saturated heterocycles. The molecule has 1 aromatic carbocycles. The van der Waals surface area contributed by atoms with Gasteiger partial charge in [-0.25, -0.2) is 0 Å². The molecule has 3 rings (SSSR count). The number of ether oxygens (including phenoxy) is 1. The number of carbonyl (C=O) groups excluding carboxylic acids is 2. The van der Waals surface area contributed by atoms with E-state index in [2.05, 4.69) is 10.3 Å². The second-order valence-electron chi connectivity index (χ2n) is 8.12. The number of nitrogens with zero attached hydrogens (tertiary/aromatic N) is 3. The minimum absolute atomic E-state index is 0.0400. The van der Waals surface area contributed by atoms with Crippen LogP contribution in [0.15, 0.2) is 42.7 Å². The van der Waals surface area contributed by atoms with Gasteiger partial charge in [-0.15, -0.1) is 0 Å². The first-order valence-corrected chi connectivity index (χ1v) is 11.5. The molecule has 0 spiro atoms. The summed E-state index contributed by atoms with van der Waals surface area (Å²) in [5.41, 5.74) is 1.42. The van der Waals surface area contributed by atoms with Gasteiger partial charge in [-0.1, -0.05) is 11.6 Å². The lowest BCUT2D eigenvalue weighted by Gasteiger charge is -2.28. The lowest BCUT2D eigenvalue weighted by atomic mass is 10.1. The number of halogens is 1. The topological polar surface area (TPSA) is 74.8 Å². The molecular weight excluding hydrogens is 428 g/mol. The molecular formula is C24H31ClN4O3. The number of benzene rings is 1. The highest BCUT2D eigenvalue weighted by atomic mass is 35.5. The van der Waals surface area contributed by atoms with Crippen molar-refractivity contribution in [2.45, 2.75) is 39.2 Å². The summed E-state index contributed by atoms with van der Waals surface area (Å²) in [4.78, 5) is 33.2. The molecule has 1 aromatic heterocycles. The minimum Gasteiger partial charge on any atom is -0.492 e. The van der Waals surface area contributed by atoms with Gasteiger partial charge >= 0.3 is 0 Å². The van der Waals surface area contributed by atoms with Gasteiger partial charge < -0.3 is 19.9 Å². The summed E-state index contributed by atoms with van der Waals surface area (Å²) in [5.74, 6) is 0.489. The molecule has 2 aromatic rings. The first-order chi connectivity index (χ1) is 15.4. The largest absolute Gasteiger partial charge is 0.492 e. The monoisotopic (exact) mass is 458 g/mol. The van der Waals surface area contributed by atoms with Crippen molar-refractivity contribution < 1.29 is 14.3 Å². The number of likely N-dealkylation sites (tertiary alicyclic amines) is 1. The molecule has 2 heterocycles. The fourth-order valence-corrected chi connectivity index (χ4v) is 3.93. The molecule has 32 heavy (non-hydrogen) atoms. The number of hydrogen-bond donors (Lipinski definition) is 1. The maximum absolute atomic E-state index is 13.2. The van der Waals surface area contributed by atoms with Gasteiger partial charge in [0.2, 0.25) is 5.91 Å². The summed E-state index contributed by atoms with van der Waals surface area (Å²) >= 11 is 6.27. The highest BCUT2D eigenvalue weighted by molar-refractivity contribution is 6.31. The van der Waals surface area contributed by atoms with Crippen molar-refractivity contribution in [1.82, 2.24) is 14.8 Å². The molecule has 0 radical (unpaired) electrons. The van der Waals surface area contributed by atoms with Crippen LogP contribution in [0.2, 0.25) is 5.02 Å². The Balaban J connectivity index is 1.58. The second-order valence-corrected chi connectivity index (χ2v) is 8.55. The van der Waals surface area contributed by atoms with Crippen molar-refractivity contribution in [1.29, 1.82) is 0 Å². The van der Waals surface area contributed by atoms with Crippen molar-refractivity contribution in [3.8, 4) is 5.75 Å². The Morgan fingerprint density at radius 2 is 1.91 bits per heavy atom. The smallest absolute Gasteiger partial charge is 0.254 e. The Labute approximate surface area is 194 Å². The first kappa shape index (κ1) is 23.9. The van der Waals surface area contributed by atoms with Crippen LogP contribution in [0, 0.1) is 0 Å². The SMILES string of the molecule is CC(C)N(CCC(=O)N1CCCC1)C(=O)c1cc(Cl)cc(OCCNc2ccncc2)c1. The summed E-state index contributed by atoms with van der Waals surface area (Å²) in [7, 11) is 0. The zero-order chi connectivity index (χ0) is 22.9. The van der Waals surface area contributed by atoms with E-state index in [0.717, 1.165) is 31.6 Å². The Hall–Kier alpha value is -2.80. The van der Waals surface area contributed by atoms with Crippen LogP contribution in [0.25, 0.3) is 0 Å². The zero-order valence-electron chi connectivity index (χ0n) is 18.7. The van der Waals surface area contributed by atoms with Crippen LogP contribution in [-0.4, -0.2) is 65.4 Å². The number of nitrogens with one attached hydrogen (secondary N) is 1. The number of rotatable bonds is 10. The molecule has 0 bridgehead atoms.